The van der Waals surface area contributed by atoms with Gasteiger partial charge in [0.2, 0.25) is 0 Å². The van der Waals surface area contributed by atoms with E-state index in [0.29, 0.717) is 12.1 Å². The highest BCUT2D eigenvalue weighted by Gasteiger charge is 2.03. The summed E-state index contributed by atoms with van der Waals surface area (Å²) in [7, 11) is 1.81. The van der Waals surface area contributed by atoms with Gasteiger partial charge in [-0.2, -0.15) is 0 Å². The molecule has 0 aliphatic heterocycles. The van der Waals surface area contributed by atoms with E-state index in [1.807, 2.05) is 7.05 Å². The molecule has 1 aromatic heterocycles. The van der Waals surface area contributed by atoms with Gasteiger partial charge in [-0.3, -0.25) is 0 Å². The largest absolute Gasteiger partial charge is 0.360 e. The molecule has 0 atom stereocenters. The van der Waals surface area contributed by atoms with Gasteiger partial charge in [0, 0.05) is 6.54 Å². The summed E-state index contributed by atoms with van der Waals surface area (Å²) in [6.45, 7) is 2.37. The van der Waals surface area contributed by atoms with E-state index in [2.05, 4.69) is 15.0 Å². The zero-order chi connectivity index (χ0) is 7.56. The van der Waals surface area contributed by atoms with Gasteiger partial charge in [-0.15, -0.1) is 0 Å². The molecule has 0 amide bonds. The van der Waals surface area contributed by atoms with Crippen molar-refractivity contribution in [2.75, 3.05) is 7.05 Å². The first-order chi connectivity index (χ1) is 4.75. The van der Waals surface area contributed by atoms with E-state index in [-0.39, 0.29) is 5.63 Å². The maximum Gasteiger partial charge on any atom is 0.360 e. The number of H-pyrrole nitrogens is 1. The van der Waals surface area contributed by atoms with Crippen molar-refractivity contribution < 1.29 is 4.52 Å². The molecular formula is C6H10N2O2. The van der Waals surface area contributed by atoms with Crippen molar-refractivity contribution in [3.05, 3.63) is 21.7 Å². The topological polar surface area (TPSA) is 58.0 Å². The van der Waals surface area contributed by atoms with Crippen molar-refractivity contribution in [2.45, 2.75) is 13.5 Å². The van der Waals surface area contributed by atoms with Gasteiger partial charge in [-0.05, 0) is 14.0 Å². The minimum absolute atomic E-state index is 0.287. The lowest BCUT2D eigenvalue weighted by molar-refractivity contribution is 0.383. The van der Waals surface area contributed by atoms with Crippen LogP contribution in [0, 0.1) is 6.92 Å². The van der Waals surface area contributed by atoms with Crippen LogP contribution in [0.4, 0.5) is 0 Å². The Hall–Kier alpha value is -1.03. The lowest BCUT2D eigenvalue weighted by Crippen LogP contribution is -2.07. The quantitative estimate of drug-likeness (QED) is 0.610. The van der Waals surface area contributed by atoms with Crippen LogP contribution in [0.2, 0.25) is 0 Å². The van der Waals surface area contributed by atoms with E-state index in [1.165, 1.54) is 0 Å². The summed E-state index contributed by atoms with van der Waals surface area (Å²) in [6, 6.07) is 0. The van der Waals surface area contributed by atoms with Crippen LogP contribution in [-0.4, -0.2) is 12.2 Å². The fourth-order valence-electron chi connectivity index (χ4n) is 0.730. The van der Waals surface area contributed by atoms with Crippen molar-refractivity contribution in [3.8, 4) is 0 Å². The molecule has 0 aliphatic rings. The van der Waals surface area contributed by atoms with Gasteiger partial charge in [0.15, 0.2) is 0 Å². The van der Waals surface area contributed by atoms with Gasteiger partial charge < -0.3 is 9.84 Å². The average molecular weight is 142 g/mol. The minimum Gasteiger partial charge on any atom is -0.339 e. The fourth-order valence-corrected chi connectivity index (χ4v) is 0.730. The summed E-state index contributed by atoms with van der Waals surface area (Å²) in [6.07, 6.45) is 0. The number of aromatic amines is 1. The van der Waals surface area contributed by atoms with Crippen LogP contribution in [-0.2, 0) is 6.54 Å². The van der Waals surface area contributed by atoms with Crippen LogP contribution >= 0.6 is 0 Å². The van der Waals surface area contributed by atoms with Crippen molar-refractivity contribution in [1.29, 1.82) is 0 Å². The first-order valence-electron chi connectivity index (χ1n) is 3.07. The molecule has 10 heavy (non-hydrogen) atoms. The third-order valence-corrected chi connectivity index (χ3v) is 1.38. The van der Waals surface area contributed by atoms with E-state index < -0.39 is 0 Å². The zero-order valence-corrected chi connectivity index (χ0v) is 6.02. The highest BCUT2D eigenvalue weighted by molar-refractivity contribution is 5.11. The van der Waals surface area contributed by atoms with Crippen molar-refractivity contribution in [2.24, 2.45) is 0 Å². The van der Waals surface area contributed by atoms with Gasteiger partial charge in [0.25, 0.3) is 0 Å². The van der Waals surface area contributed by atoms with Crippen LogP contribution in [0.3, 0.4) is 0 Å². The summed E-state index contributed by atoms with van der Waals surface area (Å²) in [5, 5.41) is 5.43. The van der Waals surface area contributed by atoms with Gasteiger partial charge in [-0.25, -0.2) is 9.95 Å². The Balaban J connectivity index is 2.94. The second-order valence-corrected chi connectivity index (χ2v) is 2.13. The molecule has 0 aromatic carbocycles. The molecule has 0 unspecified atom stereocenters. The predicted molar refractivity (Wildman–Crippen MR) is 36.8 cm³/mol. The van der Waals surface area contributed by atoms with Crippen molar-refractivity contribution in [3.63, 3.8) is 0 Å². The Bertz CT molecular complexity index is 261. The number of rotatable bonds is 2. The molecule has 56 valence electrons. The Morgan fingerprint density at radius 2 is 2.40 bits per heavy atom. The molecule has 0 spiro atoms. The normalized spacial score (nSPS) is 10.2. The Kier molecular flexibility index (Phi) is 1.91. The maximum atomic E-state index is 10.7. The van der Waals surface area contributed by atoms with E-state index >= 15 is 0 Å². The highest BCUT2D eigenvalue weighted by atomic mass is 16.5. The molecule has 0 radical (unpaired) electrons. The standard InChI is InChI=1S/C6H10N2O2/c1-4-5(3-7-2)8-10-6(4)9/h7-8H,3H2,1-2H3. The van der Waals surface area contributed by atoms with Crippen LogP contribution in [0.5, 0.6) is 0 Å². The molecule has 1 rings (SSSR count). The van der Waals surface area contributed by atoms with Gasteiger partial charge >= 0.3 is 5.63 Å². The van der Waals surface area contributed by atoms with Crippen LogP contribution < -0.4 is 10.9 Å². The SMILES string of the molecule is CNCc1[nH]oc(=O)c1C. The molecule has 4 nitrogen and oxygen atoms in total. The molecular weight excluding hydrogens is 132 g/mol. The Morgan fingerprint density at radius 1 is 1.70 bits per heavy atom. The first kappa shape index (κ1) is 7.08. The zero-order valence-electron chi connectivity index (χ0n) is 6.02. The van der Waals surface area contributed by atoms with Crippen molar-refractivity contribution >= 4 is 0 Å². The molecule has 0 aliphatic carbocycles. The molecule has 0 fully saturated rings. The van der Waals surface area contributed by atoms with E-state index in [0.717, 1.165) is 5.69 Å². The minimum atomic E-state index is -0.287. The molecule has 1 heterocycles. The monoisotopic (exact) mass is 142 g/mol. The molecule has 0 bridgehead atoms. The van der Waals surface area contributed by atoms with Crippen molar-refractivity contribution in [1.82, 2.24) is 10.5 Å². The second-order valence-electron chi connectivity index (χ2n) is 2.13. The molecule has 1 aromatic rings. The van der Waals surface area contributed by atoms with E-state index in [9.17, 15) is 4.79 Å². The molecule has 2 N–H and O–H groups in total. The molecule has 4 heteroatoms. The third-order valence-electron chi connectivity index (χ3n) is 1.38. The van der Waals surface area contributed by atoms with E-state index in [1.54, 1.807) is 6.92 Å². The third kappa shape index (κ3) is 1.11. The summed E-state index contributed by atoms with van der Waals surface area (Å²) >= 11 is 0. The average Bonchev–Trinajstić information content (AvgIpc) is 2.20. The highest BCUT2D eigenvalue weighted by Crippen LogP contribution is 1.96. The van der Waals surface area contributed by atoms with E-state index in [4.69, 9.17) is 0 Å². The van der Waals surface area contributed by atoms with Gasteiger partial charge in [0.05, 0.1) is 11.3 Å². The molecule has 0 saturated heterocycles. The summed E-state index contributed by atoms with van der Waals surface area (Å²) < 4.78 is 4.53. The predicted octanol–water partition coefficient (Wildman–Crippen LogP) is -0.00428. The van der Waals surface area contributed by atoms with Crippen LogP contribution in [0.15, 0.2) is 9.32 Å². The second kappa shape index (κ2) is 2.70. The van der Waals surface area contributed by atoms with Gasteiger partial charge in [-0.1, -0.05) is 0 Å². The fraction of sp³-hybridized carbons (Fsp3) is 0.500. The number of hydrogen-bond acceptors (Lipinski definition) is 3. The van der Waals surface area contributed by atoms with Crippen LogP contribution in [0.1, 0.15) is 11.3 Å². The lowest BCUT2D eigenvalue weighted by atomic mass is 10.3. The first-order valence-corrected chi connectivity index (χ1v) is 3.07. The molecule has 0 saturated carbocycles. The lowest BCUT2D eigenvalue weighted by Gasteiger charge is -1.92. The van der Waals surface area contributed by atoms with Crippen LogP contribution in [0.25, 0.3) is 0 Å². The number of nitrogens with one attached hydrogen (secondary N) is 2. The smallest absolute Gasteiger partial charge is 0.339 e. The van der Waals surface area contributed by atoms with Gasteiger partial charge in [0.1, 0.15) is 0 Å². The summed E-state index contributed by atoms with van der Waals surface area (Å²) in [4.78, 5) is 10.7. The Labute approximate surface area is 58.2 Å². The summed E-state index contributed by atoms with van der Waals surface area (Å²) in [5.41, 5.74) is 1.17. The summed E-state index contributed by atoms with van der Waals surface area (Å²) in [5.74, 6) is 0. The maximum absolute atomic E-state index is 10.7. The number of aromatic nitrogens is 1. The number of hydrogen-bond donors (Lipinski definition) is 2. The Morgan fingerprint density at radius 3 is 2.80 bits per heavy atom.